The molecule has 0 N–H and O–H groups in total. The monoisotopic (exact) mass is 258 g/mol. The van der Waals surface area contributed by atoms with Gasteiger partial charge in [-0.15, -0.1) is 6.58 Å². The first-order valence-electron chi connectivity index (χ1n) is 4.84. The molecular formula is C12H12Cl2O2. The van der Waals surface area contributed by atoms with E-state index in [0.717, 1.165) is 0 Å². The first kappa shape index (κ1) is 13.1. The largest absolute Gasteiger partial charge is 0.483 e. The van der Waals surface area contributed by atoms with Crippen molar-refractivity contribution in [3.63, 3.8) is 0 Å². The molecule has 0 heterocycles. The number of ketones is 1. The van der Waals surface area contributed by atoms with Crippen molar-refractivity contribution in [3.8, 4) is 5.75 Å². The fourth-order valence-corrected chi connectivity index (χ4v) is 1.61. The first-order valence-corrected chi connectivity index (χ1v) is 5.60. The molecule has 0 radical (unpaired) electrons. The summed E-state index contributed by atoms with van der Waals surface area (Å²) in [6, 6.07) is 5.05. The van der Waals surface area contributed by atoms with Crippen molar-refractivity contribution in [2.45, 2.75) is 12.8 Å². The van der Waals surface area contributed by atoms with Gasteiger partial charge < -0.3 is 4.74 Å². The first-order chi connectivity index (χ1) is 7.65. The molecule has 0 atom stereocenters. The van der Waals surface area contributed by atoms with Gasteiger partial charge in [0.25, 0.3) is 0 Å². The average molecular weight is 259 g/mol. The van der Waals surface area contributed by atoms with Gasteiger partial charge in [-0.25, -0.2) is 0 Å². The van der Waals surface area contributed by atoms with Gasteiger partial charge in [0.1, 0.15) is 6.61 Å². The maximum absolute atomic E-state index is 11.3. The number of hydrogen-bond acceptors (Lipinski definition) is 2. The lowest BCUT2D eigenvalue weighted by molar-refractivity contribution is -0.120. The third-order valence-electron chi connectivity index (χ3n) is 1.92. The summed E-state index contributed by atoms with van der Waals surface area (Å²) < 4.78 is 5.28. The Morgan fingerprint density at radius 3 is 2.56 bits per heavy atom. The average Bonchev–Trinajstić information content (AvgIpc) is 2.25. The van der Waals surface area contributed by atoms with Crippen molar-refractivity contribution >= 4 is 29.0 Å². The predicted molar refractivity (Wildman–Crippen MR) is 66.4 cm³/mol. The second-order valence-electron chi connectivity index (χ2n) is 3.21. The molecule has 0 aliphatic heterocycles. The maximum atomic E-state index is 11.3. The summed E-state index contributed by atoms with van der Waals surface area (Å²) in [7, 11) is 0. The normalized spacial score (nSPS) is 9.88. The predicted octanol–water partition coefficient (Wildman–Crippen LogP) is 3.91. The van der Waals surface area contributed by atoms with Gasteiger partial charge in [-0.2, -0.15) is 0 Å². The highest BCUT2D eigenvalue weighted by molar-refractivity contribution is 6.37. The topological polar surface area (TPSA) is 26.3 Å². The van der Waals surface area contributed by atoms with Gasteiger partial charge in [-0.3, -0.25) is 4.79 Å². The van der Waals surface area contributed by atoms with E-state index in [9.17, 15) is 4.79 Å². The van der Waals surface area contributed by atoms with E-state index in [1.807, 2.05) is 0 Å². The lowest BCUT2D eigenvalue weighted by Crippen LogP contribution is -2.11. The molecule has 0 saturated carbocycles. The molecule has 1 aromatic rings. The Kier molecular flexibility index (Phi) is 5.36. The molecule has 0 saturated heterocycles. The summed E-state index contributed by atoms with van der Waals surface area (Å²) in [4.78, 5) is 11.3. The minimum atomic E-state index is -0.0166. The third-order valence-corrected chi connectivity index (χ3v) is 2.52. The van der Waals surface area contributed by atoms with Crippen LogP contribution >= 0.6 is 23.2 Å². The summed E-state index contributed by atoms with van der Waals surface area (Å²) in [6.07, 6.45) is 2.77. The van der Waals surface area contributed by atoms with E-state index in [0.29, 0.717) is 28.6 Å². The molecule has 16 heavy (non-hydrogen) atoms. The quantitative estimate of drug-likeness (QED) is 0.724. The van der Waals surface area contributed by atoms with E-state index in [1.165, 1.54) is 0 Å². The van der Waals surface area contributed by atoms with Crippen LogP contribution in [0.1, 0.15) is 12.8 Å². The van der Waals surface area contributed by atoms with E-state index >= 15 is 0 Å². The number of Topliss-reactive ketones (excluding diaryl/α,β-unsaturated/α-hetero) is 1. The highest BCUT2D eigenvalue weighted by Crippen LogP contribution is 2.32. The molecule has 4 heteroatoms. The minimum absolute atomic E-state index is 0.00381. The van der Waals surface area contributed by atoms with E-state index in [4.69, 9.17) is 27.9 Å². The van der Waals surface area contributed by atoms with Gasteiger partial charge in [0.2, 0.25) is 0 Å². The second-order valence-corrected chi connectivity index (χ2v) is 4.02. The summed E-state index contributed by atoms with van der Waals surface area (Å²) in [5, 5.41) is 0.813. The number of halogens is 2. The van der Waals surface area contributed by atoms with E-state index < -0.39 is 0 Å². The van der Waals surface area contributed by atoms with Gasteiger partial charge >= 0.3 is 0 Å². The molecule has 0 aliphatic carbocycles. The van der Waals surface area contributed by atoms with Gasteiger partial charge in [0, 0.05) is 6.42 Å². The molecule has 1 aromatic carbocycles. The van der Waals surface area contributed by atoms with E-state index in [2.05, 4.69) is 6.58 Å². The molecular weight excluding hydrogens is 247 g/mol. The molecule has 0 aliphatic rings. The highest BCUT2D eigenvalue weighted by atomic mass is 35.5. The molecule has 2 nitrogen and oxygen atoms in total. The zero-order valence-corrected chi connectivity index (χ0v) is 10.2. The van der Waals surface area contributed by atoms with Crippen LogP contribution in [0.15, 0.2) is 30.9 Å². The van der Waals surface area contributed by atoms with Crippen molar-refractivity contribution in [2.24, 2.45) is 0 Å². The van der Waals surface area contributed by atoms with Crippen LogP contribution in [0.5, 0.6) is 5.75 Å². The summed E-state index contributed by atoms with van der Waals surface area (Å²) in [6.45, 7) is 3.53. The fraction of sp³-hybridized carbons (Fsp3) is 0.250. The molecule has 1 rings (SSSR count). The summed E-state index contributed by atoms with van der Waals surface area (Å²) in [5.41, 5.74) is 0. The fourth-order valence-electron chi connectivity index (χ4n) is 1.11. The number of hydrogen-bond donors (Lipinski definition) is 0. The number of benzene rings is 1. The molecule has 0 amide bonds. The number of carbonyl (C=O) groups is 1. The van der Waals surface area contributed by atoms with Crippen molar-refractivity contribution in [1.82, 2.24) is 0 Å². The Morgan fingerprint density at radius 1 is 1.38 bits per heavy atom. The van der Waals surface area contributed by atoms with Crippen molar-refractivity contribution in [1.29, 1.82) is 0 Å². The van der Waals surface area contributed by atoms with Crippen LogP contribution in [0.25, 0.3) is 0 Å². The minimum Gasteiger partial charge on any atom is -0.483 e. The van der Waals surface area contributed by atoms with Crippen LogP contribution in [0, 0.1) is 0 Å². The lowest BCUT2D eigenvalue weighted by atomic mass is 10.2. The smallest absolute Gasteiger partial charge is 0.170 e. The third kappa shape index (κ3) is 3.87. The molecule has 0 bridgehead atoms. The lowest BCUT2D eigenvalue weighted by Gasteiger charge is -2.08. The number of carbonyl (C=O) groups excluding carboxylic acids is 1. The molecule has 0 aromatic heterocycles. The zero-order valence-electron chi connectivity index (χ0n) is 8.71. The maximum Gasteiger partial charge on any atom is 0.170 e. The van der Waals surface area contributed by atoms with E-state index in [1.54, 1.807) is 24.3 Å². The van der Waals surface area contributed by atoms with Crippen molar-refractivity contribution < 1.29 is 9.53 Å². The Balaban J connectivity index is 2.54. The molecule has 0 fully saturated rings. The van der Waals surface area contributed by atoms with E-state index in [-0.39, 0.29) is 12.4 Å². The Bertz CT molecular complexity index is 368. The van der Waals surface area contributed by atoms with Crippen molar-refractivity contribution in [2.75, 3.05) is 6.61 Å². The SMILES string of the molecule is C=CCCC(=O)COc1c(Cl)cccc1Cl. The second kappa shape index (κ2) is 6.56. The van der Waals surface area contributed by atoms with Crippen molar-refractivity contribution in [3.05, 3.63) is 40.9 Å². The zero-order chi connectivity index (χ0) is 12.0. The Morgan fingerprint density at radius 2 is 2.00 bits per heavy atom. The standard InChI is InChI=1S/C12H12Cl2O2/c1-2-3-5-9(15)8-16-12-10(13)6-4-7-11(12)14/h2,4,6-7H,1,3,5,8H2. The number of allylic oxidation sites excluding steroid dienone is 1. The van der Waals surface area contributed by atoms with Crippen LogP contribution in [-0.2, 0) is 4.79 Å². The van der Waals surface area contributed by atoms with Gasteiger partial charge in [-0.1, -0.05) is 35.3 Å². The Labute approximate surface area is 105 Å². The molecule has 86 valence electrons. The number of para-hydroxylation sites is 1. The number of rotatable bonds is 6. The van der Waals surface area contributed by atoms with Crippen LogP contribution in [0.4, 0.5) is 0 Å². The highest BCUT2D eigenvalue weighted by Gasteiger charge is 2.08. The van der Waals surface area contributed by atoms with Gasteiger partial charge in [-0.05, 0) is 18.6 Å². The van der Waals surface area contributed by atoms with Crippen LogP contribution in [0.2, 0.25) is 10.0 Å². The van der Waals surface area contributed by atoms with Crippen LogP contribution < -0.4 is 4.74 Å². The summed E-state index contributed by atoms with van der Waals surface area (Å²) >= 11 is 11.8. The molecule has 0 unspecified atom stereocenters. The van der Waals surface area contributed by atoms with Gasteiger partial charge in [0.15, 0.2) is 11.5 Å². The van der Waals surface area contributed by atoms with Gasteiger partial charge in [0.05, 0.1) is 10.0 Å². The summed E-state index contributed by atoms with van der Waals surface area (Å²) in [5.74, 6) is 0.355. The van der Waals surface area contributed by atoms with Crippen LogP contribution in [-0.4, -0.2) is 12.4 Å². The number of ether oxygens (including phenoxy) is 1. The molecule has 0 spiro atoms. The Hall–Kier alpha value is -0.990. The van der Waals surface area contributed by atoms with Crippen LogP contribution in [0.3, 0.4) is 0 Å².